The summed E-state index contributed by atoms with van der Waals surface area (Å²) < 4.78 is 12.5. The lowest BCUT2D eigenvalue weighted by molar-refractivity contribution is -0.114. The van der Waals surface area contributed by atoms with E-state index < -0.39 is 6.04 Å². The molecule has 0 aromatic heterocycles. The van der Waals surface area contributed by atoms with E-state index in [1.165, 1.54) is 6.92 Å². The molecule has 0 saturated carbocycles. The number of urea groups is 1. The Morgan fingerprint density at radius 3 is 2.48 bits per heavy atom. The van der Waals surface area contributed by atoms with E-state index in [4.69, 9.17) is 9.47 Å². The van der Waals surface area contributed by atoms with Gasteiger partial charge in [-0.1, -0.05) is 46.3 Å². The van der Waals surface area contributed by atoms with E-state index in [1.54, 1.807) is 13.0 Å². The van der Waals surface area contributed by atoms with Gasteiger partial charge >= 0.3 is 6.03 Å². The lowest BCUT2D eigenvalue weighted by atomic mass is 9.93. The number of rotatable bonds is 7. The summed E-state index contributed by atoms with van der Waals surface area (Å²) in [6.07, 6.45) is 0. The zero-order valence-corrected chi connectivity index (χ0v) is 18.1. The average molecular weight is 459 g/mol. The molecule has 0 saturated heterocycles. The van der Waals surface area contributed by atoms with Crippen LogP contribution in [0.25, 0.3) is 0 Å². The van der Waals surface area contributed by atoms with E-state index in [-0.39, 0.29) is 11.8 Å². The Bertz CT molecular complexity index is 957. The summed E-state index contributed by atoms with van der Waals surface area (Å²) >= 11 is 3.57. The Morgan fingerprint density at radius 1 is 1.14 bits per heavy atom. The van der Waals surface area contributed by atoms with Crippen LogP contribution in [-0.4, -0.2) is 18.4 Å². The number of hydrogen-bond donors (Lipinski definition) is 2. The maximum atomic E-state index is 12.2. The molecule has 0 radical (unpaired) electrons. The summed E-state index contributed by atoms with van der Waals surface area (Å²) in [7, 11) is 0. The number of halogens is 1. The quantitative estimate of drug-likeness (QED) is 0.633. The van der Waals surface area contributed by atoms with E-state index in [0.717, 1.165) is 11.1 Å². The molecule has 2 amide bonds. The van der Waals surface area contributed by atoms with Gasteiger partial charge in [0.25, 0.3) is 0 Å². The van der Waals surface area contributed by atoms with Gasteiger partial charge in [0.2, 0.25) is 0 Å². The molecule has 2 aromatic rings. The first kappa shape index (κ1) is 20.9. The van der Waals surface area contributed by atoms with Gasteiger partial charge in [-0.05, 0) is 44.0 Å². The molecule has 2 aromatic carbocycles. The highest BCUT2D eigenvalue weighted by atomic mass is 79.9. The number of ether oxygens (including phenoxy) is 2. The normalized spacial score (nSPS) is 16.1. The van der Waals surface area contributed by atoms with E-state index in [0.29, 0.717) is 40.5 Å². The number of carbonyl (C=O) groups excluding carboxylic acids is 2. The fourth-order valence-corrected chi connectivity index (χ4v) is 3.83. The lowest BCUT2D eigenvalue weighted by Crippen LogP contribution is -2.44. The van der Waals surface area contributed by atoms with Crippen LogP contribution >= 0.6 is 15.9 Å². The summed E-state index contributed by atoms with van der Waals surface area (Å²) in [5.74, 6) is 1.01. The van der Waals surface area contributed by atoms with Crippen LogP contribution in [-0.2, 0) is 11.4 Å². The fraction of sp³-hybridized carbons (Fsp3) is 0.273. The zero-order valence-electron chi connectivity index (χ0n) is 16.5. The number of carbonyl (C=O) groups is 2. The minimum absolute atomic E-state index is 0.116. The Morgan fingerprint density at radius 2 is 1.83 bits per heavy atom. The Hall–Kier alpha value is -2.80. The molecular formula is C22H23BrN2O4. The second kappa shape index (κ2) is 9.13. The van der Waals surface area contributed by atoms with Gasteiger partial charge in [-0.15, -0.1) is 0 Å². The predicted molar refractivity (Wildman–Crippen MR) is 114 cm³/mol. The summed E-state index contributed by atoms with van der Waals surface area (Å²) in [5.41, 5.74) is 2.81. The summed E-state index contributed by atoms with van der Waals surface area (Å²) in [5, 5.41) is 5.48. The van der Waals surface area contributed by atoms with Crippen molar-refractivity contribution in [1.82, 2.24) is 10.6 Å². The van der Waals surface area contributed by atoms with Crippen molar-refractivity contribution in [2.24, 2.45) is 0 Å². The molecule has 152 valence electrons. The van der Waals surface area contributed by atoms with Crippen LogP contribution in [0.15, 0.2) is 58.2 Å². The average Bonchev–Trinajstić information content (AvgIpc) is 2.67. The second-order valence-corrected chi connectivity index (χ2v) is 7.51. The molecule has 1 aliphatic rings. The number of nitrogens with one attached hydrogen (secondary N) is 2. The number of allylic oxidation sites excluding steroid dienone is 1. The predicted octanol–water partition coefficient (Wildman–Crippen LogP) is 4.64. The van der Waals surface area contributed by atoms with Crippen LogP contribution in [0.1, 0.15) is 37.9 Å². The van der Waals surface area contributed by atoms with Crippen LogP contribution in [0.2, 0.25) is 0 Å². The van der Waals surface area contributed by atoms with Crippen molar-refractivity contribution < 1.29 is 19.1 Å². The van der Waals surface area contributed by atoms with E-state index in [2.05, 4.69) is 26.6 Å². The largest absolute Gasteiger partial charge is 0.490 e. The van der Waals surface area contributed by atoms with Crippen molar-refractivity contribution in [2.75, 3.05) is 6.61 Å². The summed E-state index contributed by atoms with van der Waals surface area (Å²) in [6.45, 7) is 5.95. The van der Waals surface area contributed by atoms with Crippen molar-refractivity contribution in [1.29, 1.82) is 0 Å². The molecule has 1 atom stereocenters. The molecule has 1 aliphatic heterocycles. The smallest absolute Gasteiger partial charge is 0.319 e. The first-order chi connectivity index (χ1) is 13.9. The molecule has 6 nitrogen and oxygen atoms in total. The highest BCUT2D eigenvalue weighted by Crippen LogP contribution is 2.40. The number of Topliss-reactive ketones (excluding diaryl/α,β-unsaturated/α-hetero) is 1. The van der Waals surface area contributed by atoms with E-state index in [1.807, 2.05) is 43.3 Å². The van der Waals surface area contributed by atoms with E-state index in [9.17, 15) is 9.59 Å². The Balaban J connectivity index is 1.98. The number of amides is 2. The third-order valence-electron chi connectivity index (χ3n) is 4.56. The molecule has 1 heterocycles. The third kappa shape index (κ3) is 4.79. The first-order valence-electron chi connectivity index (χ1n) is 9.32. The van der Waals surface area contributed by atoms with Gasteiger partial charge in [0.05, 0.1) is 12.6 Å². The van der Waals surface area contributed by atoms with Crippen LogP contribution in [0.5, 0.6) is 11.5 Å². The second-order valence-electron chi connectivity index (χ2n) is 6.65. The maximum Gasteiger partial charge on any atom is 0.319 e. The zero-order chi connectivity index (χ0) is 21.0. The lowest BCUT2D eigenvalue weighted by Gasteiger charge is -2.29. The highest BCUT2D eigenvalue weighted by molar-refractivity contribution is 9.10. The molecule has 0 fully saturated rings. The first-order valence-corrected chi connectivity index (χ1v) is 10.1. The van der Waals surface area contributed by atoms with Crippen molar-refractivity contribution in [3.05, 3.63) is 69.3 Å². The van der Waals surface area contributed by atoms with Crippen molar-refractivity contribution >= 4 is 27.7 Å². The summed E-state index contributed by atoms with van der Waals surface area (Å²) in [6, 6.07) is 12.5. The molecule has 2 N–H and O–H groups in total. The van der Waals surface area contributed by atoms with E-state index >= 15 is 0 Å². The van der Waals surface area contributed by atoms with Crippen LogP contribution < -0.4 is 20.1 Å². The van der Waals surface area contributed by atoms with Gasteiger partial charge in [0, 0.05) is 15.7 Å². The Labute approximate surface area is 178 Å². The van der Waals surface area contributed by atoms with Crippen molar-refractivity contribution in [3.63, 3.8) is 0 Å². The topological polar surface area (TPSA) is 76.7 Å². The molecular weight excluding hydrogens is 436 g/mol. The van der Waals surface area contributed by atoms with Gasteiger partial charge in [0.15, 0.2) is 17.3 Å². The molecule has 0 spiro atoms. The molecule has 7 heteroatoms. The van der Waals surface area contributed by atoms with Crippen LogP contribution in [0.3, 0.4) is 0 Å². The van der Waals surface area contributed by atoms with Crippen molar-refractivity contribution in [2.45, 2.75) is 33.4 Å². The third-order valence-corrected chi connectivity index (χ3v) is 5.25. The number of hydrogen-bond acceptors (Lipinski definition) is 4. The maximum absolute atomic E-state index is 12.2. The summed E-state index contributed by atoms with van der Waals surface area (Å²) in [4.78, 5) is 24.3. The standard InChI is InChI=1S/C22H23BrN2O4/c1-4-28-18-10-16(21-20(14(3)26)13(2)24-22(27)25-21)17(23)11-19(18)29-12-15-8-6-5-7-9-15/h5-11,21H,4,12H2,1-3H3,(H2,24,25,27)/t21-/m1/s1. The number of benzene rings is 2. The van der Waals surface area contributed by atoms with Gasteiger partial charge in [-0.3, -0.25) is 4.79 Å². The van der Waals surface area contributed by atoms with Crippen LogP contribution in [0, 0.1) is 0 Å². The minimum Gasteiger partial charge on any atom is -0.490 e. The highest BCUT2D eigenvalue weighted by Gasteiger charge is 2.31. The van der Waals surface area contributed by atoms with Gasteiger partial charge in [-0.25, -0.2) is 4.79 Å². The minimum atomic E-state index is -0.585. The molecule has 3 rings (SSSR count). The fourth-order valence-electron chi connectivity index (χ4n) is 3.28. The monoisotopic (exact) mass is 458 g/mol. The van der Waals surface area contributed by atoms with Crippen LogP contribution in [0.4, 0.5) is 4.79 Å². The van der Waals surface area contributed by atoms with Crippen molar-refractivity contribution in [3.8, 4) is 11.5 Å². The SMILES string of the molecule is CCOc1cc([C@H]2NC(=O)NC(C)=C2C(C)=O)c(Br)cc1OCc1ccccc1. The Kier molecular flexibility index (Phi) is 6.59. The molecule has 0 aliphatic carbocycles. The van der Waals surface area contributed by atoms with Gasteiger partial charge in [0.1, 0.15) is 6.61 Å². The molecule has 29 heavy (non-hydrogen) atoms. The number of ketones is 1. The molecule has 0 unspecified atom stereocenters. The van der Waals surface area contributed by atoms with Gasteiger partial charge in [-0.2, -0.15) is 0 Å². The van der Waals surface area contributed by atoms with Gasteiger partial charge < -0.3 is 20.1 Å². The molecule has 0 bridgehead atoms.